The SMILES string of the molecule is C[C@H](NC(=O)c1cc2ccccc2n1C)c1cc(C(=O)NO)on1. The largest absolute Gasteiger partial charge is 0.351 e. The molecule has 8 heteroatoms. The molecule has 0 aliphatic rings. The predicted octanol–water partition coefficient (Wildman–Crippen LogP) is 1.78. The number of carbonyl (C=O) groups excluding carboxylic acids is 2. The number of carbonyl (C=O) groups is 2. The van der Waals surface area contributed by atoms with E-state index in [1.165, 1.54) is 11.5 Å². The average Bonchev–Trinajstić information content (AvgIpc) is 3.20. The second kappa shape index (κ2) is 6.17. The molecule has 0 bridgehead atoms. The van der Waals surface area contributed by atoms with Crippen molar-refractivity contribution in [3.8, 4) is 0 Å². The molecule has 0 aliphatic carbocycles. The van der Waals surface area contributed by atoms with E-state index in [0.29, 0.717) is 11.4 Å². The van der Waals surface area contributed by atoms with Crippen LogP contribution in [0.2, 0.25) is 0 Å². The smallest absolute Gasteiger partial charge is 0.313 e. The zero-order valence-electron chi connectivity index (χ0n) is 13.1. The minimum absolute atomic E-state index is 0.141. The summed E-state index contributed by atoms with van der Waals surface area (Å²) in [5.74, 6) is -1.21. The highest BCUT2D eigenvalue weighted by molar-refractivity contribution is 5.98. The Morgan fingerprint density at radius 1 is 1.25 bits per heavy atom. The molecule has 2 heterocycles. The summed E-state index contributed by atoms with van der Waals surface area (Å²) < 4.78 is 6.63. The lowest BCUT2D eigenvalue weighted by molar-refractivity contribution is 0.0666. The van der Waals surface area contributed by atoms with Crippen LogP contribution >= 0.6 is 0 Å². The zero-order valence-corrected chi connectivity index (χ0v) is 13.1. The highest BCUT2D eigenvalue weighted by Gasteiger charge is 2.20. The summed E-state index contributed by atoms with van der Waals surface area (Å²) in [6.45, 7) is 1.72. The summed E-state index contributed by atoms with van der Waals surface area (Å²) in [6.07, 6.45) is 0. The number of benzene rings is 1. The molecule has 24 heavy (non-hydrogen) atoms. The number of aryl methyl sites for hydroxylation is 1. The third-order valence-electron chi connectivity index (χ3n) is 3.83. The van der Waals surface area contributed by atoms with Crippen LogP contribution in [-0.4, -0.2) is 26.7 Å². The lowest BCUT2D eigenvalue weighted by Gasteiger charge is -2.11. The minimum atomic E-state index is -0.805. The zero-order chi connectivity index (χ0) is 17.3. The lowest BCUT2D eigenvalue weighted by atomic mass is 10.2. The molecule has 0 radical (unpaired) electrons. The first-order valence-corrected chi connectivity index (χ1v) is 7.27. The molecule has 0 aliphatic heterocycles. The number of amides is 2. The molecule has 2 aromatic heterocycles. The van der Waals surface area contributed by atoms with Crippen molar-refractivity contribution in [1.82, 2.24) is 20.5 Å². The maximum Gasteiger partial charge on any atom is 0.313 e. The first-order chi connectivity index (χ1) is 11.5. The van der Waals surface area contributed by atoms with Crippen LogP contribution in [0.3, 0.4) is 0 Å². The molecule has 3 aromatic rings. The van der Waals surface area contributed by atoms with Crippen molar-refractivity contribution in [1.29, 1.82) is 0 Å². The van der Waals surface area contributed by atoms with Gasteiger partial charge in [0, 0.05) is 24.0 Å². The molecule has 2 amide bonds. The van der Waals surface area contributed by atoms with E-state index in [4.69, 9.17) is 9.73 Å². The van der Waals surface area contributed by atoms with Gasteiger partial charge in [-0.2, -0.15) is 0 Å². The number of nitrogens with one attached hydrogen (secondary N) is 2. The van der Waals surface area contributed by atoms with Gasteiger partial charge in [0.25, 0.3) is 5.91 Å². The van der Waals surface area contributed by atoms with E-state index in [0.717, 1.165) is 10.9 Å². The Morgan fingerprint density at radius 3 is 2.71 bits per heavy atom. The van der Waals surface area contributed by atoms with Crippen molar-refractivity contribution in [2.75, 3.05) is 0 Å². The van der Waals surface area contributed by atoms with E-state index < -0.39 is 11.9 Å². The number of rotatable bonds is 4. The molecule has 3 rings (SSSR count). The summed E-state index contributed by atoms with van der Waals surface area (Å²) in [4.78, 5) is 23.8. The van der Waals surface area contributed by atoms with Crippen LogP contribution in [-0.2, 0) is 7.05 Å². The number of hydrogen-bond acceptors (Lipinski definition) is 5. The summed E-state index contributed by atoms with van der Waals surface area (Å²) in [5.41, 5.74) is 3.31. The van der Waals surface area contributed by atoms with Crippen molar-refractivity contribution in [3.05, 3.63) is 53.5 Å². The standard InChI is InChI=1S/C16H16N4O4/c1-9(11-8-14(24-19-11)16(22)18-23)17-15(21)13-7-10-5-3-4-6-12(10)20(13)2/h3-9,23H,1-2H3,(H,17,21)(H,18,22)/t9-/m0/s1. The van der Waals surface area contributed by atoms with Crippen molar-refractivity contribution < 1.29 is 19.3 Å². The lowest BCUT2D eigenvalue weighted by Crippen LogP contribution is -2.28. The topological polar surface area (TPSA) is 109 Å². The minimum Gasteiger partial charge on any atom is -0.351 e. The molecule has 1 atom stereocenters. The summed E-state index contributed by atoms with van der Waals surface area (Å²) >= 11 is 0. The van der Waals surface area contributed by atoms with Gasteiger partial charge < -0.3 is 14.4 Å². The average molecular weight is 328 g/mol. The number of nitrogens with zero attached hydrogens (tertiary/aromatic N) is 2. The van der Waals surface area contributed by atoms with E-state index in [1.807, 2.05) is 41.9 Å². The van der Waals surface area contributed by atoms with Gasteiger partial charge in [0.15, 0.2) is 0 Å². The summed E-state index contributed by atoms with van der Waals surface area (Å²) in [6, 6.07) is 10.4. The number of hydrogen-bond donors (Lipinski definition) is 3. The third kappa shape index (κ3) is 2.74. The highest BCUT2D eigenvalue weighted by atomic mass is 16.5. The van der Waals surface area contributed by atoms with Crippen LogP contribution in [0.5, 0.6) is 0 Å². The second-order valence-electron chi connectivity index (χ2n) is 5.40. The molecule has 0 saturated carbocycles. The molecular weight excluding hydrogens is 312 g/mol. The molecular formula is C16H16N4O4. The van der Waals surface area contributed by atoms with Gasteiger partial charge in [-0.3, -0.25) is 14.8 Å². The monoisotopic (exact) mass is 328 g/mol. The van der Waals surface area contributed by atoms with E-state index in [9.17, 15) is 9.59 Å². The molecule has 1 aromatic carbocycles. The van der Waals surface area contributed by atoms with Crippen LogP contribution in [0.4, 0.5) is 0 Å². The Kier molecular flexibility index (Phi) is 4.05. The van der Waals surface area contributed by atoms with Gasteiger partial charge >= 0.3 is 5.91 Å². The van der Waals surface area contributed by atoms with Gasteiger partial charge in [-0.05, 0) is 19.1 Å². The van der Waals surface area contributed by atoms with Crippen LogP contribution < -0.4 is 10.8 Å². The Labute approximate surface area is 137 Å². The molecule has 0 saturated heterocycles. The molecule has 124 valence electrons. The normalized spacial score (nSPS) is 12.1. The number of para-hydroxylation sites is 1. The molecule has 3 N–H and O–H groups in total. The molecule has 0 fully saturated rings. The van der Waals surface area contributed by atoms with Gasteiger partial charge in [-0.1, -0.05) is 23.4 Å². The van der Waals surface area contributed by atoms with Crippen LogP contribution in [0, 0.1) is 0 Å². The fraction of sp³-hybridized carbons (Fsp3) is 0.188. The van der Waals surface area contributed by atoms with Gasteiger partial charge in [0.05, 0.1) is 6.04 Å². The predicted molar refractivity (Wildman–Crippen MR) is 84.6 cm³/mol. The molecule has 0 spiro atoms. The van der Waals surface area contributed by atoms with Crippen molar-refractivity contribution >= 4 is 22.7 Å². The fourth-order valence-electron chi connectivity index (χ4n) is 2.51. The first-order valence-electron chi connectivity index (χ1n) is 7.27. The quantitative estimate of drug-likeness (QED) is 0.499. The Balaban J connectivity index is 1.79. The van der Waals surface area contributed by atoms with E-state index in [-0.39, 0.29) is 11.7 Å². The maximum atomic E-state index is 12.5. The van der Waals surface area contributed by atoms with Crippen LogP contribution in [0.25, 0.3) is 10.9 Å². The van der Waals surface area contributed by atoms with Crippen molar-refractivity contribution in [2.45, 2.75) is 13.0 Å². The Hall–Kier alpha value is -3.13. The highest BCUT2D eigenvalue weighted by Crippen LogP contribution is 2.19. The van der Waals surface area contributed by atoms with Gasteiger partial charge in [-0.15, -0.1) is 0 Å². The van der Waals surface area contributed by atoms with Crippen LogP contribution in [0.15, 0.2) is 40.9 Å². The molecule has 8 nitrogen and oxygen atoms in total. The number of fused-ring (bicyclic) bond motifs is 1. The van der Waals surface area contributed by atoms with Crippen molar-refractivity contribution in [3.63, 3.8) is 0 Å². The van der Waals surface area contributed by atoms with Crippen molar-refractivity contribution in [2.24, 2.45) is 7.05 Å². The summed E-state index contributed by atoms with van der Waals surface area (Å²) in [7, 11) is 1.82. The second-order valence-corrected chi connectivity index (χ2v) is 5.40. The Bertz CT molecular complexity index is 912. The number of aromatic nitrogens is 2. The van der Waals surface area contributed by atoms with E-state index >= 15 is 0 Å². The fourth-order valence-corrected chi connectivity index (χ4v) is 2.51. The van der Waals surface area contributed by atoms with E-state index in [1.54, 1.807) is 6.92 Å². The van der Waals surface area contributed by atoms with Gasteiger partial charge in [0.1, 0.15) is 11.4 Å². The number of hydroxylamine groups is 1. The molecule has 0 unspecified atom stereocenters. The Morgan fingerprint density at radius 2 is 2.00 bits per heavy atom. The van der Waals surface area contributed by atoms with Crippen LogP contribution in [0.1, 0.15) is 39.7 Å². The van der Waals surface area contributed by atoms with Gasteiger partial charge in [-0.25, -0.2) is 5.48 Å². The first kappa shape index (κ1) is 15.8. The summed E-state index contributed by atoms with van der Waals surface area (Å²) in [5, 5.41) is 16.1. The third-order valence-corrected chi connectivity index (χ3v) is 3.83. The van der Waals surface area contributed by atoms with Gasteiger partial charge in [0.2, 0.25) is 5.76 Å². The van der Waals surface area contributed by atoms with E-state index in [2.05, 4.69) is 10.5 Å². The maximum absolute atomic E-state index is 12.5.